The van der Waals surface area contributed by atoms with E-state index in [0.29, 0.717) is 5.92 Å². The van der Waals surface area contributed by atoms with Crippen molar-refractivity contribution in [3.63, 3.8) is 0 Å². The highest BCUT2D eigenvalue weighted by Crippen LogP contribution is 2.30. The Morgan fingerprint density at radius 1 is 1.43 bits per heavy atom. The van der Waals surface area contributed by atoms with Crippen molar-refractivity contribution in [3.05, 3.63) is 18.1 Å². The first-order valence-corrected chi connectivity index (χ1v) is 8.43. The zero-order chi connectivity index (χ0) is 16.4. The number of aromatic amines is 1. The number of nitrogens with zero attached hydrogens (tertiary/aromatic N) is 3. The minimum absolute atomic E-state index is 0.0531. The van der Waals surface area contributed by atoms with Gasteiger partial charge in [-0.3, -0.25) is 4.79 Å². The van der Waals surface area contributed by atoms with E-state index in [9.17, 15) is 4.79 Å². The second kappa shape index (κ2) is 6.56. The van der Waals surface area contributed by atoms with E-state index in [0.717, 1.165) is 49.2 Å². The third-order valence-corrected chi connectivity index (χ3v) is 4.89. The average molecular weight is 315 g/mol. The fourth-order valence-corrected chi connectivity index (χ4v) is 3.58. The highest BCUT2D eigenvalue weighted by molar-refractivity contribution is 5.90. The van der Waals surface area contributed by atoms with Crippen molar-refractivity contribution in [1.29, 1.82) is 0 Å². The third kappa shape index (κ3) is 3.16. The molecule has 2 aromatic rings. The lowest BCUT2D eigenvalue weighted by Gasteiger charge is -2.36. The van der Waals surface area contributed by atoms with Crippen LogP contribution in [0.15, 0.2) is 12.5 Å². The molecule has 0 aromatic carbocycles. The van der Waals surface area contributed by atoms with Gasteiger partial charge >= 0.3 is 0 Å². The number of aryl methyl sites for hydroxylation is 1. The van der Waals surface area contributed by atoms with E-state index in [-0.39, 0.29) is 11.9 Å². The minimum Gasteiger partial charge on any atom is -0.356 e. The summed E-state index contributed by atoms with van der Waals surface area (Å²) in [7, 11) is 0. The molecule has 3 rings (SSSR count). The lowest BCUT2D eigenvalue weighted by Crippen LogP contribution is -2.43. The lowest BCUT2D eigenvalue weighted by molar-refractivity contribution is -0.119. The van der Waals surface area contributed by atoms with Crippen LogP contribution in [0.25, 0.3) is 11.0 Å². The second-order valence-corrected chi connectivity index (χ2v) is 6.40. The summed E-state index contributed by atoms with van der Waals surface area (Å²) in [5.41, 5.74) is 2.19. The maximum Gasteiger partial charge on any atom is 0.217 e. The van der Waals surface area contributed by atoms with Gasteiger partial charge in [0.15, 0.2) is 0 Å². The molecule has 2 N–H and O–H groups in total. The molecule has 0 saturated carbocycles. The summed E-state index contributed by atoms with van der Waals surface area (Å²) < 4.78 is 0. The van der Waals surface area contributed by atoms with Crippen molar-refractivity contribution < 1.29 is 4.79 Å². The summed E-state index contributed by atoms with van der Waals surface area (Å²) >= 11 is 0. The van der Waals surface area contributed by atoms with Crippen LogP contribution in [0.1, 0.15) is 39.2 Å². The van der Waals surface area contributed by atoms with E-state index >= 15 is 0 Å². The Hall–Kier alpha value is -2.11. The van der Waals surface area contributed by atoms with Crippen LogP contribution in [-0.4, -0.2) is 40.0 Å². The molecule has 1 amide bonds. The number of hydrogen-bond donors (Lipinski definition) is 2. The first kappa shape index (κ1) is 15.8. The number of H-pyrrole nitrogens is 1. The molecule has 0 radical (unpaired) electrons. The van der Waals surface area contributed by atoms with Gasteiger partial charge in [0.05, 0.1) is 5.39 Å². The van der Waals surface area contributed by atoms with Crippen LogP contribution in [-0.2, 0) is 11.2 Å². The van der Waals surface area contributed by atoms with Crippen molar-refractivity contribution in [3.8, 4) is 0 Å². The van der Waals surface area contributed by atoms with Crippen LogP contribution in [0.4, 0.5) is 5.82 Å². The van der Waals surface area contributed by atoms with E-state index < -0.39 is 0 Å². The normalized spacial score (nSPS) is 17.4. The summed E-state index contributed by atoms with van der Waals surface area (Å²) in [6.07, 6.45) is 6.78. The number of carbonyl (C=O) groups excluding carboxylic acids is 1. The highest BCUT2D eigenvalue weighted by atomic mass is 16.1. The molecule has 1 atom stereocenters. The number of piperidine rings is 1. The predicted octanol–water partition coefficient (Wildman–Crippen LogP) is 2.26. The van der Waals surface area contributed by atoms with Crippen LogP contribution in [0.3, 0.4) is 0 Å². The molecule has 2 aromatic heterocycles. The van der Waals surface area contributed by atoms with Crippen LogP contribution in [0, 0.1) is 5.92 Å². The number of rotatable bonds is 4. The van der Waals surface area contributed by atoms with Gasteiger partial charge in [-0.15, -0.1) is 0 Å². The number of aromatic nitrogens is 3. The van der Waals surface area contributed by atoms with Gasteiger partial charge in [-0.2, -0.15) is 0 Å². The standard InChI is InChI=1S/C17H25N5O/c1-4-13-9-18-16-15(13)17(20-10-19-16)22-7-5-14(6-8-22)11(2)21-12(3)23/h9-11,14H,4-8H2,1-3H3,(H,21,23)(H,18,19,20). The number of fused-ring (bicyclic) bond motifs is 1. The molecule has 6 nitrogen and oxygen atoms in total. The largest absolute Gasteiger partial charge is 0.356 e. The average Bonchev–Trinajstić information content (AvgIpc) is 2.97. The highest BCUT2D eigenvalue weighted by Gasteiger charge is 2.26. The Labute approximate surface area is 136 Å². The van der Waals surface area contributed by atoms with Gasteiger partial charge in [-0.05, 0) is 37.7 Å². The molecule has 0 bridgehead atoms. The number of anilines is 1. The van der Waals surface area contributed by atoms with E-state index in [1.165, 1.54) is 5.56 Å². The van der Waals surface area contributed by atoms with Crippen molar-refractivity contribution in [2.24, 2.45) is 5.92 Å². The number of amides is 1. The number of carbonyl (C=O) groups is 1. The van der Waals surface area contributed by atoms with Gasteiger partial charge in [0.25, 0.3) is 0 Å². The van der Waals surface area contributed by atoms with Crippen molar-refractivity contribution in [2.75, 3.05) is 18.0 Å². The zero-order valence-corrected chi connectivity index (χ0v) is 14.1. The second-order valence-electron chi connectivity index (χ2n) is 6.40. The zero-order valence-electron chi connectivity index (χ0n) is 14.1. The van der Waals surface area contributed by atoms with Gasteiger partial charge in [0, 0.05) is 32.3 Å². The molecule has 124 valence electrons. The van der Waals surface area contributed by atoms with Crippen LogP contribution < -0.4 is 10.2 Å². The Kier molecular flexibility index (Phi) is 4.50. The monoisotopic (exact) mass is 315 g/mol. The van der Waals surface area contributed by atoms with Gasteiger partial charge in [-0.25, -0.2) is 9.97 Å². The van der Waals surface area contributed by atoms with Gasteiger partial charge < -0.3 is 15.2 Å². The molecule has 1 aliphatic heterocycles. The lowest BCUT2D eigenvalue weighted by atomic mass is 9.90. The molecule has 0 spiro atoms. The molecule has 0 aliphatic carbocycles. The van der Waals surface area contributed by atoms with Crippen molar-refractivity contribution >= 4 is 22.8 Å². The maximum absolute atomic E-state index is 11.2. The molecule has 23 heavy (non-hydrogen) atoms. The van der Waals surface area contributed by atoms with E-state index in [1.807, 2.05) is 6.20 Å². The summed E-state index contributed by atoms with van der Waals surface area (Å²) in [5, 5.41) is 4.18. The Bertz CT molecular complexity index is 687. The van der Waals surface area contributed by atoms with E-state index in [1.54, 1.807) is 13.3 Å². The molecule has 1 fully saturated rings. The van der Waals surface area contributed by atoms with Crippen LogP contribution >= 0.6 is 0 Å². The van der Waals surface area contributed by atoms with Gasteiger partial charge in [0.1, 0.15) is 17.8 Å². The Morgan fingerprint density at radius 2 is 2.17 bits per heavy atom. The number of nitrogens with one attached hydrogen (secondary N) is 2. The molecule has 1 saturated heterocycles. The third-order valence-electron chi connectivity index (χ3n) is 4.89. The van der Waals surface area contributed by atoms with E-state index in [4.69, 9.17) is 0 Å². The summed E-state index contributed by atoms with van der Waals surface area (Å²) in [5.74, 6) is 1.63. The topological polar surface area (TPSA) is 73.9 Å². The molecule has 3 heterocycles. The predicted molar refractivity (Wildman–Crippen MR) is 91.5 cm³/mol. The van der Waals surface area contributed by atoms with Crippen molar-refractivity contribution in [2.45, 2.75) is 46.1 Å². The fourth-order valence-electron chi connectivity index (χ4n) is 3.58. The number of hydrogen-bond acceptors (Lipinski definition) is 4. The van der Waals surface area contributed by atoms with Crippen molar-refractivity contribution in [1.82, 2.24) is 20.3 Å². The van der Waals surface area contributed by atoms with E-state index in [2.05, 4.69) is 39.0 Å². The first-order chi connectivity index (χ1) is 11.1. The van der Waals surface area contributed by atoms with Crippen LogP contribution in [0.2, 0.25) is 0 Å². The smallest absolute Gasteiger partial charge is 0.217 e. The Balaban J connectivity index is 1.75. The molecular weight excluding hydrogens is 290 g/mol. The SMILES string of the molecule is CCc1c[nH]c2ncnc(N3CCC(C(C)NC(C)=O)CC3)c12. The molecule has 1 aliphatic rings. The van der Waals surface area contributed by atoms with Gasteiger partial charge in [-0.1, -0.05) is 6.92 Å². The van der Waals surface area contributed by atoms with Crippen LogP contribution in [0.5, 0.6) is 0 Å². The Morgan fingerprint density at radius 3 is 2.83 bits per heavy atom. The summed E-state index contributed by atoms with van der Waals surface area (Å²) in [4.78, 5) is 25.7. The minimum atomic E-state index is 0.0531. The molecule has 6 heteroatoms. The molecule has 1 unspecified atom stereocenters. The summed E-state index contributed by atoms with van der Waals surface area (Å²) in [6, 6.07) is 0.235. The van der Waals surface area contributed by atoms with Gasteiger partial charge in [0.2, 0.25) is 5.91 Å². The molecular formula is C17H25N5O. The maximum atomic E-state index is 11.2. The first-order valence-electron chi connectivity index (χ1n) is 8.43. The quantitative estimate of drug-likeness (QED) is 0.907. The fraction of sp³-hybridized carbons (Fsp3) is 0.588. The summed E-state index contributed by atoms with van der Waals surface area (Å²) in [6.45, 7) is 7.78.